The van der Waals surface area contributed by atoms with Crippen molar-refractivity contribution in [2.75, 3.05) is 46.3 Å². The lowest BCUT2D eigenvalue weighted by Crippen LogP contribution is -2.43. The summed E-state index contributed by atoms with van der Waals surface area (Å²) in [6, 6.07) is 4.86. The fraction of sp³-hybridized carbons (Fsp3) is 0.438. The van der Waals surface area contributed by atoms with Gasteiger partial charge >= 0.3 is 5.22 Å². The molecule has 2 aromatic rings. The van der Waals surface area contributed by atoms with Crippen LogP contribution in [0.4, 0.5) is 0 Å². The minimum Gasteiger partial charge on any atom is -0.497 e. The Bertz CT molecular complexity index is 898. The van der Waals surface area contributed by atoms with Crippen LogP contribution in [0.15, 0.2) is 27.8 Å². The van der Waals surface area contributed by atoms with E-state index < -0.39 is 26.7 Å². The molecule has 0 saturated carbocycles. The zero-order valence-electron chi connectivity index (χ0n) is 14.9. The Morgan fingerprint density at radius 2 is 1.74 bits per heavy atom. The average molecular weight is 397 g/mol. The van der Waals surface area contributed by atoms with Crippen molar-refractivity contribution < 1.29 is 31.8 Å². The summed E-state index contributed by atoms with van der Waals surface area (Å²) in [6.45, 7) is 1.47. The van der Waals surface area contributed by atoms with E-state index in [1.165, 1.54) is 19.1 Å². The highest BCUT2D eigenvalue weighted by Gasteiger charge is 2.29. The standard InChI is InChI=1S/C16H19N3O7S/c1-23-12-7-11(8-13(9-12)24-2)15-17-18-16(26-15)27(21,22)10-14(20)19-3-5-25-6-4-19/h7-9H,3-6,10H2,1-2H3. The summed E-state index contributed by atoms with van der Waals surface area (Å²) >= 11 is 0. The number of hydrogen-bond donors (Lipinski definition) is 0. The topological polar surface area (TPSA) is 121 Å². The first-order chi connectivity index (χ1) is 12.9. The summed E-state index contributed by atoms with van der Waals surface area (Å²) in [5.41, 5.74) is 0.430. The van der Waals surface area contributed by atoms with Gasteiger partial charge in [-0.3, -0.25) is 4.79 Å². The van der Waals surface area contributed by atoms with Gasteiger partial charge in [-0.2, -0.15) is 0 Å². The lowest BCUT2D eigenvalue weighted by molar-refractivity contribution is -0.132. The Morgan fingerprint density at radius 1 is 1.11 bits per heavy atom. The highest BCUT2D eigenvalue weighted by Crippen LogP contribution is 2.29. The predicted octanol–water partition coefficient (Wildman–Crippen LogP) is 0.386. The van der Waals surface area contributed by atoms with Gasteiger partial charge in [-0.15, -0.1) is 5.10 Å². The molecule has 146 valence electrons. The van der Waals surface area contributed by atoms with Crippen LogP contribution in [0.25, 0.3) is 11.5 Å². The molecule has 0 atom stereocenters. The van der Waals surface area contributed by atoms with Crippen molar-refractivity contribution in [1.82, 2.24) is 15.1 Å². The molecule has 1 aliphatic rings. The Morgan fingerprint density at radius 3 is 2.33 bits per heavy atom. The minimum absolute atomic E-state index is 0.0235. The van der Waals surface area contributed by atoms with E-state index in [2.05, 4.69) is 10.2 Å². The monoisotopic (exact) mass is 397 g/mol. The smallest absolute Gasteiger partial charge is 0.336 e. The van der Waals surface area contributed by atoms with Crippen LogP contribution in [0.3, 0.4) is 0 Å². The highest BCUT2D eigenvalue weighted by molar-refractivity contribution is 7.91. The maximum atomic E-state index is 12.5. The first kappa shape index (κ1) is 19.1. The predicted molar refractivity (Wildman–Crippen MR) is 92.3 cm³/mol. The number of carbonyl (C=O) groups excluding carboxylic acids is 1. The van der Waals surface area contributed by atoms with Gasteiger partial charge in [-0.25, -0.2) is 8.42 Å². The number of sulfone groups is 1. The number of amides is 1. The van der Waals surface area contributed by atoms with Gasteiger partial charge in [-0.1, -0.05) is 5.10 Å². The summed E-state index contributed by atoms with van der Waals surface area (Å²) < 4.78 is 45.7. The molecule has 0 N–H and O–H groups in total. The number of hydrogen-bond acceptors (Lipinski definition) is 9. The normalized spacial score (nSPS) is 14.8. The first-order valence-corrected chi connectivity index (χ1v) is 9.73. The number of nitrogens with zero attached hydrogens (tertiary/aromatic N) is 3. The summed E-state index contributed by atoms with van der Waals surface area (Å²) in [4.78, 5) is 13.6. The molecule has 1 aromatic heterocycles. The molecule has 0 bridgehead atoms. The summed E-state index contributed by atoms with van der Waals surface area (Å²) in [7, 11) is -1.09. The molecule has 0 unspecified atom stereocenters. The van der Waals surface area contributed by atoms with Crippen LogP contribution in [-0.4, -0.2) is 75.7 Å². The van der Waals surface area contributed by atoms with Crippen molar-refractivity contribution in [2.45, 2.75) is 5.22 Å². The maximum Gasteiger partial charge on any atom is 0.336 e. The van der Waals surface area contributed by atoms with E-state index >= 15 is 0 Å². The van der Waals surface area contributed by atoms with Gasteiger partial charge in [0.05, 0.1) is 27.4 Å². The second-order valence-electron chi connectivity index (χ2n) is 5.73. The molecular weight excluding hydrogens is 378 g/mol. The molecule has 1 amide bonds. The van der Waals surface area contributed by atoms with Crippen LogP contribution in [0.1, 0.15) is 0 Å². The van der Waals surface area contributed by atoms with E-state index in [9.17, 15) is 13.2 Å². The number of ether oxygens (including phenoxy) is 3. The van der Waals surface area contributed by atoms with Crippen LogP contribution >= 0.6 is 0 Å². The van der Waals surface area contributed by atoms with E-state index in [1.807, 2.05) is 0 Å². The summed E-state index contributed by atoms with van der Waals surface area (Å²) in [5, 5.41) is 6.75. The molecule has 10 nitrogen and oxygen atoms in total. The number of carbonyl (C=O) groups is 1. The van der Waals surface area contributed by atoms with E-state index in [0.717, 1.165) is 0 Å². The number of methoxy groups -OCH3 is 2. The van der Waals surface area contributed by atoms with Crippen molar-refractivity contribution in [3.63, 3.8) is 0 Å². The minimum atomic E-state index is -4.06. The second-order valence-corrected chi connectivity index (χ2v) is 7.59. The lowest BCUT2D eigenvalue weighted by atomic mass is 10.2. The molecule has 1 saturated heterocycles. The van der Waals surface area contributed by atoms with Crippen molar-refractivity contribution >= 4 is 15.7 Å². The van der Waals surface area contributed by atoms with E-state index in [1.54, 1.807) is 18.2 Å². The van der Waals surface area contributed by atoms with Crippen molar-refractivity contribution in [3.8, 4) is 23.0 Å². The molecule has 11 heteroatoms. The second kappa shape index (κ2) is 7.92. The van der Waals surface area contributed by atoms with Crippen molar-refractivity contribution in [3.05, 3.63) is 18.2 Å². The molecule has 1 fully saturated rings. The molecule has 0 radical (unpaired) electrons. The van der Waals surface area contributed by atoms with Gasteiger partial charge in [0, 0.05) is 24.7 Å². The van der Waals surface area contributed by atoms with Crippen molar-refractivity contribution in [2.24, 2.45) is 0 Å². The number of aromatic nitrogens is 2. The SMILES string of the molecule is COc1cc(OC)cc(-c2nnc(S(=O)(=O)CC(=O)N3CCOCC3)o2)c1. The van der Waals surface area contributed by atoms with E-state index in [4.69, 9.17) is 18.6 Å². The Labute approximate surface area is 155 Å². The summed E-state index contributed by atoms with van der Waals surface area (Å²) in [5.74, 6) is -0.328. The van der Waals surface area contributed by atoms with Gasteiger partial charge in [0.15, 0.2) is 0 Å². The third kappa shape index (κ3) is 4.37. The van der Waals surface area contributed by atoms with Crippen LogP contribution in [0.5, 0.6) is 11.5 Å². The van der Waals surface area contributed by atoms with Gasteiger partial charge in [0.1, 0.15) is 17.3 Å². The zero-order valence-corrected chi connectivity index (χ0v) is 15.7. The number of rotatable bonds is 6. The van der Waals surface area contributed by atoms with Gasteiger partial charge < -0.3 is 23.5 Å². The zero-order chi connectivity index (χ0) is 19.4. The molecule has 1 aliphatic heterocycles. The third-order valence-corrected chi connectivity index (χ3v) is 5.27. The maximum absolute atomic E-state index is 12.5. The number of benzene rings is 1. The molecule has 1 aromatic carbocycles. The fourth-order valence-corrected chi connectivity index (χ4v) is 3.51. The van der Waals surface area contributed by atoms with Crippen LogP contribution in [0, 0.1) is 0 Å². The molecule has 0 aliphatic carbocycles. The number of morpholine rings is 1. The highest BCUT2D eigenvalue weighted by atomic mass is 32.2. The molecule has 2 heterocycles. The lowest BCUT2D eigenvalue weighted by Gasteiger charge is -2.26. The average Bonchev–Trinajstić information content (AvgIpc) is 3.19. The largest absolute Gasteiger partial charge is 0.497 e. The Kier molecular flexibility index (Phi) is 5.61. The molecule has 0 spiro atoms. The van der Waals surface area contributed by atoms with E-state index in [-0.39, 0.29) is 5.89 Å². The van der Waals surface area contributed by atoms with E-state index in [0.29, 0.717) is 43.4 Å². The van der Waals surface area contributed by atoms with Crippen LogP contribution < -0.4 is 9.47 Å². The van der Waals surface area contributed by atoms with Gasteiger partial charge in [-0.05, 0) is 12.1 Å². The Hall–Kier alpha value is -2.66. The fourth-order valence-electron chi connectivity index (χ4n) is 2.51. The molecular formula is C16H19N3O7S. The Balaban J connectivity index is 1.81. The quantitative estimate of drug-likeness (QED) is 0.681. The third-order valence-electron chi connectivity index (χ3n) is 3.95. The van der Waals surface area contributed by atoms with Gasteiger partial charge in [0.25, 0.3) is 0 Å². The van der Waals surface area contributed by atoms with Gasteiger partial charge in [0.2, 0.25) is 21.6 Å². The first-order valence-electron chi connectivity index (χ1n) is 8.08. The summed E-state index contributed by atoms with van der Waals surface area (Å²) in [6.07, 6.45) is 0. The molecule has 27 heavy (non-hydrogen) atoms. The molecule has 3 rings (SSSR count). The van der Waals surface area contributed by atoms with Crippen molar-refractivity contribution in [1.29, 1.82) is 0 Å². The van der Waals surface area contributed by atoms with Crippen LogP contribution in [-0.2, 0) is 19.4 Å². The van der Waals surface area contributed by atoms with Crippen LogP contribution in [0.2, 0.25) is 0 Å².